The van der Waals surface area contributed by atoms with E-state index >= 15 is 0 Å². The van der Waals surface area contributed by atoms with Crippen molar-refractivity contribution in [3.05, 3.63) is 107 Å². The lowest BCUT2D eigenvalue weighted by molar-refractivity contribution is -0.124. The highest BCUT2D eigenvalue weighted by atomic mass is 16.5. The van der Waals surface area contributed by atoms with E-state index in [4.69, 9.17) is 9.47 Å². The van der Waals surface area contributed by atoms with Crippen molar-refractivity contribution < 1.29 is 19.1 Å². The van der Waals surface area contributed by atoms with Crippen LogP contribution in [0.4, 0.5) is 0 Å². The Labute approximate surface area is 170 Å². The second-order valence-electron chi connectivity index (χ2n) is 6.53. The zero-order valence-corrected chi connectivity index (χ0v) is 16.2. The van der Waals surface area contributed by atoms with Crippen molar-refractivity contribution in [1.82, 2.24) is 5.32 Å². The molecule has 0 aromatic heterocycles. The molecule has 0 saturated carbocycles. The highest BCUT2D eigenvalue weighted by Crippen LogP contribution is 2.21. The van der Waals surface area contributed by atoms with Crippen molar-refractivity contribution in [2.45, 2.75) is 12.6 Å². The molecule has 0 bridgehead atoms. The average Bonchev–Trinajstić information content (AvgIpc) is 2.78. The molecule has 0 aliphatic rings. The molecule has 3 aromatic carbocycles. The van der Waals surface area contributed by atoms with Gasteiger partial charge in [0.15, 0.2) is 6.61 Å². The highest BCUT2D eigenvalue weighted by molar-refractivity contribution is 5.91. The van der Waals surface area contributed by atoms with Gasteiger partial charge in [0.05, 0.1) is 18.2 Å². The van der Waals surface area contributed by atoms with Gasteiger partial charge in [0.25, 0.3) is 5.91 Å². The maximum absolute atomic E-state index is 12.5. The normalized spacial score (nSPS) is 10.6. The maximum atomic E-state index is 12.5. The van der Waals surface area contributed by atoms with Gasteiger partial charge in [-0.05, 0) is 28.8 Å². The number of ether oxygens (including phenoxy) is 2. The van der Waals surface area contributed by atoms with Gasteiger partial charge in [-0.15, -0.1) is 0 Å². The van der Waals surface area contributed by atoms with Crippen LogP contribution in [-0.4, -0.2) is 25.6 Å². The lowest BCUT2D eigenvalue weighted by Gasteiger charge is -2.20. The Balaban J connectivity index is 1.62. The van der Waals surface area contributed by atoms with Crippen LogP contribution < -0.4 is 5.32 Å². The van der Waals surface area contributed by atoms with E-state index in [-0.39, 0.29) is 18.6 Å². The first kappa shape index (κ1) is 20.3. The second kappa shape index (κ2) is 10.2. The summed E-state index contributed by atoms with van der Waals surface area (Å²) in [5, 5.41) is 2.95. The van der Waals surface area contributed by atoms with Gasteiger partial charge >= 0.3 is 5.97 Å². The summed E-state index contributed by atoms with van der Waals surface area (Å²) < 4.78 is 10.2. The summed E-state index contributed by atoms with van der Waals surface area (Å²) in [7, 11) is 1.61. The summed E-state index contributed by atoms with van der Waals surface area (Å²) in [6, 6.07) is 25.9. The van der Waals surface area contributed by atoms with Crippen LogP contribution in [0, 0.1) is 0 Å². The fraction of sp³-hybridized carbons (Fsp3) is 0.167. The van der Waals surface area contributed by atoms with E-state index in [2.05, 4.69) is 5.32 Å². The van der Waals surface area contributed by atoms with Crippen molar-refractivity contribution in [3.63, 3.8) is 0 Å². The molecule has 1 amide bonds. The van der Waals surface area contributed by atoms with Gasteiger partial charge in [-0.3, -0.25) is 4.79 Å². The van der Waals surface area contributed by atoms with Gasteiger partial charge in [0.1, 0.15) is 0 Å². The Morgan fingerprint density at radius 3 is 1.90 bits per heavy atom. The van der Waals surface area contributed by atoms with Crippen LogP contribution in [0.15, 0.2) is 84.9 Å². The number of methoxy groups -OCH3 is 1. The second-order valence-corrected chi connectivity index (χ2v) is 6.53. The van der Waals surface area contributed by atoms with Crippen molar-refractivity contribution in [3.8, 4) is 0 Å². The van der Waals surface area contributed by atoms with Crippen LogP contribution in [0.3, 0.4) is 0 Å². The summed E-state index contributed by atoms with van der Waals surface area (Å²) in [6.07, 6.45) is 0. The van der Waals surface area contributed by atoms with Crippen LogP contribution in [0.2, 0.25) is 0 Å². The molecule has 0 heterocycles. The number of amides is 1. The fourth-order valence-electron chi connectivity index (χ4n) is 2.97. The van der Waals surface area contributed by atoms with E-state index in [0.717, 1.165) is 16.7 Å². The molecular formula is C24H23NO4. The molecule has 0 radical (unpaired) electrons. The van der Waals surface area contributed by atoms with E-state index in [1.54, 1.807) is 31.4 Å². The molecule has 3 rings (SSSR count). The minimum absolute atomic E-state index is 0.322. The quantitative estimate of drug-likeness (QED) is 0.594. The molecule has 0 spiro atoms. The van der Waals surface area contributed by atoms with Crippen LogP contribution in [-0.2, 0) is 20.9 Å². The van der Waals surface area contributed by atoms with Gasteiger partial charge in [-0.1, -0.05) is 72.8 Å². The number of esters is 1. The molecule has 0 unspecified atom stereocenters. The largest absolute Gasteiger partial charge is 0.452 e. The molecule has 29 heavy (non-hydrogen) atoms. The van der Waals surface area contributed by atoms with Crippen molar-refractivity contribution in [2.24, 2.45) is 0 Å². The zero-order valence-electron chi connectivity index (χ0n) is 16.2. The van der Waals surface area contributed by atoms with E-state index in [1.165, 1.54) is 0 Å². The van der Waals surface area contributed by atoms with Crippen molar-refractivity contribution >= 4 is 11.9 Å². The molecule has 3 aromatic rings. The standard InChI is InChI=1S/C24H23NO4/c1-28-16-18-12-14-21(15-13-18)24(27)29-17-22(26)25-23(19-8-4-2-5-9-19)20-10-6-3-7-11-20/h2-15,23H,16-17H2,1H3,(H,25,26). The monoisotopic (exact) mass is 389 g/mol. The van der Waals surface area contributed by atoms with E-state index < -0.39 is 5.97 Å². The molecule has 0 aliphatic carbocycles. The third kappa shape index (κ3) is 5.77. The molecule has 1 N–H and O–H groups in total. The lowest BCUT2D eigenvalue weighted by atomic mass is 9.99. The summed E-state index contributed by atoms with van der Waals surface area (Å²) in [4.78, 5) is 24.7. The zero-order chi connectivity index (χ0) is 20.5. The minimum atomic E-state index is -0.542. The van der Waals surface area contributed by atoms with Gasteiger partial charge < -0.3 is 14.8 Å². The fourth-order valence-corrected chi connectivity index (χ4v) is 2.97. The SMILES string of the molecule is COCc1ccc(C(=O)OCC(=O)NC(c2ccccc2)c2ccccc2)cc1. The summed E-state index contributed by atoms with van der Waals surface area (Å²) in [6.45, 7) is 0.118. The Morgan fingerprint density at radius 1 is 0.828 bits per heavy atom. The van der Waals surface area contributed by atoms with E-state index in [0.29, 0.717) is 12.2 Å². The van der Waals surface area contributed by atoms with Crippen LogP contribution >= 0.6 is 0 Å². The topological polar surface area (TPSA) is 64.6 Å². The van der Waals surface area contributed by atoms with Gasteiger partial charge in [0, 0.05) is 7.11 Å². The summed E-state index contributed by atoms with van der Waals surface area (Å²) in [5.74, 6) is -0.910. The van der Waals surface area contributed by atoms with Gasteiger partial charge in [0.2, 0.25) is 0 Å². The molecular weight excluding hydrogens is 366 g/mol. The smallest absolute Gasteiger partial charge is 0.338 e. The predicted octanol–water partition coefficient (Wildman–Crippen LogP) is 3.90. The maximum Gasteiger partial charge on any atom is 0.338 e. The van der Waals surface area contributed by atoms with E-state index in [1.807, 2.05) is 60.7 Å². The number of rotatable bonds is 8. The number of hydrogen-bond acceptors (Lipinski definition) is 4. The Hall–Kier alpha value is -3.44. The van der Waals surface area contributed by atoms with Crippen LogP contribution in [0.25, 0.3) is 0 Å². The van der Waals surface area contributed by atoms with Gasteiger partial charge in [-0.2, -0.15) is 0 Å². The third-order valence-electron chi connectivity index (χ3n) is 4.41. The first-order valence-corrected chi connectivity index (χ1v) is 9.31. The molecule has 5 nitrogen and oxygen atoms in total. The van der Waals surface area contributed by atoms with Crippen molar-refractivity contribution in [1.29, 1.82) is 0 Å². The Kier molecular flexibility index (Phi) is 7.14. The number of carbonyl (C=O) groups is 2. The lowest BCUT2D eigenvalue weighted by Crippen LogP contribution is -2.33. The first-order chi connectivity index (χ1) is 14.2. The Morgan fingerprint density at radius 2 is 1.38 bits per heavy atom. The number of hydrogen-bond donors (Lipinski definition) is 1. The third-order valence-corrected chi connectivity index (χ3v) is 4.41. The molecule has 0 saturated heterocycles. The molecule has 0 fully saturated rings. The number of carbonyl (C=O) groups excluding carboxylic acids is 2. The highest BCUT2D eigenvalue weighted by Gasteiger charge is 2.18. The van der Waals surface area contributed by atoms with Crippen molar-refractivity contribution in [2.75, 3.05) is 13.7 Å². The van der Waals surface area contributed by atoms with Crippen LogP contribution in [0.1, 0.15) is 33.1 Å². The van der Waals surface area contributed by atoms with E-state index in [9.17, 15) is 9.59 Å². The minimum Gasteiger partial charge on any atom is -0.452 e. The van der Waals surface area contributed by atoms with Crippen LogP contribution in [0.5, 0.6) is 0 Å². The number of benzene rings is 3. The average molecular weight is 389 g/mol. The molecule has 148 valence electrons. The first-order valence-electron chi connectivity index (χ1n) is 9.31. The van der Waals surface area contributed by atoms with Gasteiger partial charge in [-0.25, -0.2) is 4.79 Å². The molecule has 0 aliphatic heterocycles. The predicted molar refractivity (Wildman–Crippen MR) is 110 cm³/mol. The summed E-state index contributed by atoms with van der Waals surface area (Å²) in [5.41, 5.74) is 3.25. The molecule has 5 heteroatoms. The number of nitrogens with one attached hydrogen (secondary N) is 1. The Bertz CT molecular complexity index is 885. The summed E-state index contributed by atoms with van der Waals surface area (Å²) >= 11 is 0. The molecule has 0 atom stereocenters.